The predicted molar refractivity (Wildman–Crippen MR) is 283 cm³/mol. The van der Waals surface area contributed by atoms with Crippen LogP contribution in [0.2, 0.25) is 0 Å². The molecule has 0 radical (unpaired) electrons. The highest BCUT2D eigenvalue weighted by atomic mass is 16.1. The summed E-state index contributed by atoms with van der Waals surface area (Å²) in [6.07, 6.45) is 14.4. The molecule has 0 amide bonds. The minimum absolute atomic E-state index is 0.117. The molecule has 2 aromatic carbocycles. The van der Waals surface area contributed by atoms with Crippen molar-refractivity contribution in [1.82, 2.24) is 0 Å². The van der Waals surface area contributed by atoms with Crippen LogP contribution in [0.5, 0.6) is 0 Å². The fourth-order valence-electron chi connectivity index (χ4n) is 6.76. The zero-order valence-electron chi connectivity index (χ0n) is 46.6. The van der Waals surface area contributed by atoms with Crippen molar-refractivity contribution in [2.45, 2.75) is 260 Å². The third-order valence-corrected chi connectivity index (χ3v) is 10.2. The Labute approximate surface area is 394 Å². The third-order valence-electron chi connectivity index (χ3n) is 10.2. The van der Waals surface area contributed by atoms with Gasteiger partial charge in [-0.25, -0.2) is 0 Å². The second-order valence-corrected chi connectivity index (χ2v) is 20.8. The molecule has 0 unspecified atom stereocenters. The molecule has 0 N–H and O–H groups in total. The average molecular weight is 882 g/mol. The molecule has 1 aliphatic carbocycles. The van der Waals surface area contributed by atoms with Gasteiger partial charge in [0.05, 0.1) is 0 Å². The third kappa shape index (κ3) is 42.8. The van der Waals surface area contributed by atoms with Gasteiger partial charge in [-0.1, -0.05) is 194 Å². The van der Waals surface area contributed by atoms with Gasteiger partial charge in [0.15, 0.2) is 5.78 Å². The lowest BCUT2D eigenvalue weighted by atomic mass is 9.74. The highest BCUT2D eigenvalue weighted by Gasteiger charge is 2.26. The Morgan fingerprint density at radius 1 is 0.508 bits per heavy atom. The fraction of sp³-hybridized carbons (Fsp3) is 0.729. The second kappa shape index (κ2) is 38.4. The van der Waals surface area contributed by atoms with Crippen LogP contribution in [-0.2, 0) is 31.6 Å². The monoisotopic (exact) mass is 881 g/mol. The molecule has 3 rings (SSSR count). The molecule has 0 atom stereocenters. The first-order chi connectivity index (χ1) is 29.1. The molecule has 1 saturated carbocycles. The van der Waals surface area contributed by atoms with E-state index in [9.17, 15) is 19.2 Å². The van der Waals surface area contributed by atoms with Gasteiger partial charge in [0, 0.05) is 24.3 Å². The van der Waals surface area contributed by atoms with Crippen molar-refractivity contribution in [1.29, 1.82) is 0 Å². The number of unbranched alkanes of at least 4 members (excludes halogenated alkanes) is 2. The number of aryl methyl sites for hydroxylation is 1. The van der Waals surface area contributed by atoms with Crippen LogP contribution in [-0.4, -0.2) is 23.1 Å². The van der Waals surface area contributed by atoms with Gasteiger partial charge >= 0.3 is 0 Å². The summed E-state index contributed by atoms with van der Waals surface area (Å²) in [7, 11) is 0. The van der Waals surface area contributed by atoms with Crippen LogP contribution < -0.4 is 0 Å². The van der Waals surface area contributed by atoms with Crippen molar-refractivity contribution >= 4 is 23.1 Å². The molecule has 0 saturated heterocycles. The van der Waals surface area contributed by atoms with E-state index in [1.54, 1.807) is 27.7 Å². The van der Waals surface area contributed by atoms with Gasteiger partial charge in [0.1, 0.15) is 17.3 Å². The van der Waals surface area contributed by atoms with Crippen LogP contribution in [0.3, 0.4) is 0 Å². The molecule has 2 aromatic rings. The van der Waals surface area contributed by atoms with E-state index in [1.807, 2.05) is 73.6 Å². The topological polar surface area (TPSA) is 68.3 Å². The SMILES string of the molecule is CC.CC.CC.CC.CC(=O)C1CCC(CC(C)(C)C)CC1.CC(=O)CCCCCC(C)(C)C.CC(=O)CCCc1ccc(C(C)(C)C)cc1.CC(=O)c1cccc(C(C)(C)C)c1. The van der Waals surface area contributed by atoms with E-state index >= 15 is 0 Å². The Hall–Kier alpha value is -2.88. The van der Waals surface area contributed by atoms with Crippen LogP contribution in [0.15, 0.2) is 48.5 Å². The molecule has 63 heavy (non-hydrogen) atoms. The van der Waals surface area contributed by atoms with Gasteiger partial charge in [-0.05, 0) is 136 Å². The second-order valence-electron chi connectivity index (χ2n) is 20.8. The van der Waals surface area contributed by atoms with Gasteiger partial charge in [-0.2, -0.15) is 0 Å². The van der Waals surface area contributed by atoms with Crippen molar-refractivity contribution in [3.05, 3.63) is 70.8 Å². The summed E-state index contributed by atoms with van der Waals surface area (Å²) in [5.74, 6) is 2.39. The van der Waals surface area contributed by atoms with E-state index in [0.717, 1.165) is 50.0 Å². The van der Waals surface area contributed by atoms with Crippen LogP contribution in [0.1, 0.15) is 270 Å². The van der Waals surface area contributed by atoms with Crippen LogP contribution in [0.25, 0.3) is 0 Å². The molecular weight excluding hydrogens is 773 g/mol. The molecule has 1 fully saturated rings. The first-order valence-corrected chi connectivity index (χ1v) is 25.3. The largest absolute Gasteiger partial charge is 0.300 e. The number of benzene rings is 2. The van der Waals surface area contributed by atoms with E-state index < -0.39 is 0 Å². The fourth-order valence-corrected chi connectivity index (χ4v) is 6.76. The van der Waals surface area contributed by atoms with Gasteiger partial charge in [0.25, 0.3) is 0 Å². The van der Waals surface area contributed by atoms with Crippen molar-refractivity contribution in [3.8, 4) is 0 Å². The number of hydrogen-bond donors (Lipinski definition) is 0. The van der Waals surface area contributed by atoms with Crippen molar-refractivity contribution in [3.63, 3.8) is 0 Å². The summed E-state index contributed by atoms with van der Waals surface area (Å²) in [5.41, 5.74) is 5.94. The minimum atomic E-state index is 0.117. The first kappa shape index (κ1) is 69.2. The Bertz CT molecular complexity index is 1410. The molecule has 0 heterocycles. The number of carbonyl (C=O) groups is 4. The van der Waals surface area contributed by atoms with E-state index in [0.29, 0.717) is 34.7 Å². The number of Topliss-reactive ketones (excluding diaryl/α,β-unsaturated/α-hetero) is 4. The molecule has 0 spiro atoms. The maximum absolute atomic E-state index is 11.2. The van der Waals surface area contributed by atoms with Gasteiger partial charge in [-0.15, -0.1) is 0 Å². The highest BCUT2D eigenvalue weighted by Crippen LogP contribution is 2.36. The summed E-state index contributed by atoms with van der Waals surface area (Å²) in [5, 5.41) is 0. The summed E-state index contributed by atoms with van der Waals surface area (Å²) in [4.78, 5) is 43.7. The molecular formula is C59H108O4. The average Bonchev–Trinajstić information content (AvgIpc) is 3.20. The van der Waals surface area contributed by atoms with Crippen LogP contribution in [0, 0.1) is 22.7 Å². The lowest BCUT2D eigenvalue weighted by molar-refractivity contribution is -0.122. The summed E-state index contributed by atoms with van der Waals surface area (Å²) >= 11 is 0. The standard InChI is InChI=1S/C15H22O.C13H24O.C12H16O.C11H22O.4C2H6/c1-12(16)6-5-7-13-8-10-14(11-9-13)15(2,3)4;1-10(14)12-7-5-11(6-8-12)9-13(2,3)4;1-9(13)10-6-5-7-11(8-10)12(2,3)4;1-10(12)8-6-5-7-9-11(2,3)4;4*1-2/h8-11H,5-7H2,1-4H3;11-12H,5-9H2,1-4H3;5-8H,1-4H3;5-9H2,1-4H3;4*1-2H3. The van der Waals surface area contributed by atoms with Crippen molar-refractivity contribution < 1.29 is 19.2 Å². The molecule has 368 valence electrons. The molecule has 1 aliphatic rings. The Morgan fingerprint density at radius 3 is 1.32 bits per heavy atom. The smallest absolute Gasteiger partial charge is 0.159 e. The number of carbonyl (C=O) groups excluding carboxylic acids is 4. The first-order valence-electron chi connectivity index (χ1n) is 25.3. The van der Waals surface area contributed by atoms with Crippen LogP contribution >= 0.6 is 0 Å². The maximum atomic E-state index is 11.2. The zero-order valence-corrected chi connectivity index (χ0v) is 46.6. The zero-order chi connectivity index (χ0) is 50.6. The lowest BCUT2D eigenvalue weighted by Crippen LogP contribution is -2.22. The molecule has 4 heteroatoms. The van der Waals surface area contributed by atoms with E-state index in [2.05, 4.69) is 113 Å². The Kier molecular flexibility index (Phi) is 42.2. The summed E-state index contributed by atoms with van der Waals surface area (Å²) in [6, 6.07) is 16.6. The van der Waals surface area contributed by atoms with Gasteiger partial charge in [0.2, 0.25) is 0 Å². The number of hydrogen-bond acceptors (Lipinski definition) is 4. The Morgan fingerprint density at radius 2 is 0.952 bits per heavy atom. The van der Waals surface area contributed by atoms with Gasteiger partial charge < -0.3 is 9.59 Å². The number of rotatable bonds is 12. The van der Waals surface area contributed by atoms with Crippen LogP contribution in [0.4, 0.5) is 0 Å². The minimum Gasteiger partial charge on any atom is -0.300 e. The summed E-state index contributed by atoms with van der Waals surface area (Å²) in [6.45, 7) is 49.5. The van der Waals surface area contributed by atoms with Crippen molar-refractivity contribution in [2.24, 2.45) is 22.7 Å². The quantitative estimate of drug-likeness (QED) is 0.157. The van der Waals surface area contributed by atoms with E-state index in [1.165, 1.54) is 55.2 Å². The van der Waals surface area contributed by atoms with Gasteiger partial charge in [-0.3, -0.25) is 9.59 Å². The molecule has 0 bridgehead atoms. The molecule has 4 nitrogen and oxygen atoms in total. The van der Waals surface area contributed by atoms with E-state index in [4.69, 9.17) is 0 Å². The maximum Gasteiger partial charge on any atom is 0.159 e. The molecule has 0 aliphatic heterocycles. The molecule has 0 aromatic heterocycles. The highest BCUT2D eigenvalue weighted by molar-refractivity contribution is 5.94. The predicted octanol–water partition coefficient (Wildman–Crippen LogP) is 18.6. The van der Waals surface area contributed by atoms with E-state index in [-0.39, 0.29) is 22.4 Å². The number of ketones is 4. The van der Waals surface area contributed by atoms with Crippen molar-refractivity contribution in [2.75, 3.05) is 0 Å². The Balaban J connectivity index is -0.000000226. The lowest BCUT2D eigenvalue weighted by Gasteiger charge is -2.31. The summed E-state index contributed by atoms with van der Waals surface area (Å²) < 4.78 is 0. The normalized spacial score (nSPS) is 14.3.